The van der Waals surface area contributed by atoms with Gasteiger partial charge in [0.2, 0.25) is 0 Å². The summed E-state index contributed by atoms with van der Waals surface area (Å²) in [5.74, 6) is 0.184. The minimum absolute atomic E-state index is 0.0182. The lowest BCUT2D eigenvalue weighted by molar-refractivity contribution is -0.139. The predicted molar refractivity (Wildman–Crippen MR) is 75.4 cm³/mol. The van der Waals surface area contributed by atoms with Gasteiger partial charge >= 0.3 is 12.0 Å². The SMILES string of the molecule is CCC1CCC(CNC(=O)N[C@H](CCO)C(=O)O)CC1. The highest BCUT2D eigenvalue weighted by atomic mass is 16.4. The summed E-state index contributed by atoms with van der Waals surface area (Å²) in [4.78, 5) is 22.5. The third-order valence-corrected chi connectivity index (χ3v) is 4.12. The minimum atomic E-state index is -1.13. The Labute approximate surface area is 119 Å². The van der Waals surface area contributed by atoms with Gasteiger partial charge in [-0.2, -0.15) is 0 Å². The highest BCUT2D eigenvalue weighted by Crippen LogP contribution is 2.29. The Hall–Kier alpha value is -1.30. The van der Waals surface area contributed by atoms with Crippen LogP contribution >= 0.6 is 0 Å². The Morgan fingerprint density at radius 3 is 2.30 bits per heavy atom. The zero-order chi connectivity index (χ0) is 15.0. The van der Waals surface area contributed by atoms with E-state index < -0.39 is 18.0 Å². The second kappa shape index (κ2) is 8.79. The first-order valence-electron chi connectivity index (χ1n) is 7.44. The van der Waals surface area contributed by atoms with Crippen LogP contribution in [0.4, 0.5) is 4.79 Å². The summed E-state index contributed by atoms with van der Waals surface area (Å²) in [5.41, 5.74) is 0. The number of carbonyl (C=O) groups excluding carboxylic acids is 1. The van der Waals surface area contributed by atoms with Gasteiger partial charge in [0, 0.05) is 19.6 Å². The van der Waals surface area contributed by atoms with Crippen molar-refractivity contribution >= 4 is 12.0 Å². The average Bonchev–Trinajstić information content (AvgIpc) is 2.45. The van der Waals surface area contributed by atoms with Crippen molar-refractivity contribution in [1.82, 2.24) is 10.6 Å². The summed E-state index contributed by atoms with van der Waals surface area (Å²) in [6, 6.07) is -1.50. The molecule has 0 spiro atoms. The molecule has 4 N–H and O–H groups in total. The first-order chi connectivity index (χ1) is 9.56. The maximum absolute atomic E-state index is 11.6. The van der Waals surface area contributed by atoms with E-state index in [0.29, 0.717) is 12.5 Å². The minimum Gasteiger partial charge on any atom is -0.480 e. The van der Waals surface area contributed by atoms with Crippen LogP contribution in [0, 0.1) is 11.8 Å². The highest BCUT2D eigenvalue weighted by molar-refractivity contribution is 5.82. The number of amides is 2. The lowest BCUT2D eigenvalue weighted by Crippen LogP contribution is -2.47. The van der Waals surface area contributed by atoms with Gasteiger partial charge in [-0.3, -0.25) is 0 Å². The molecule has 0 unspecified atom stereocenters. The zero-order valence-electron chi connectivity index (χ0n) is 12.1. The molecular weight excluding hydrogens is 260 g/mol. The number of carbonyl (C=O) groups is 2. The Morgan fingerprint density at radius 2 is 1.80 bits per heavy atom. The van der Waals surface area contributed by atoms with Crippen molar-refractivity contribution in [3.05, 3.63) is 0 Å². The van der Waals surface area contributed by atoms with E-state index in [4.69, 9.17) is 10.2 Å². The molecule has 1 rings (SSSR count). The number of rotatable bonds is 7. The molecule has 0 aromatic carbocycles. The number of carboxylic acid groups (broad SMARTS) is 1. The number of nitrogens with one attached hydrogen (secondary N) is 2. The van der Waals surface area contributed by atoms with E-state index >= 15 is 0 Å². The zero-order valence-corrected chi connectivity index (χ0v) is 12.1. The molecule has 20 heavy (non-hydrogen) atoms. The molecule has 1 aliphatic carbocycles. The van der Waals surface area contributed by atoms with Crippen LogP contribution in [0.3, 0.4) is 0 Å². The molecule has 0 radical (unpaired) electrons. The monoisotopic (exact) mass is 286 g/mol. The highest BCUT2D eigenvalue weighted by Gasteiger charge is 2.22. The second-order valence-corrected chi connectivity index (χ2v) is 5.55. The molecule has 0 heterocycles. The summed E-state index contributed by atoms with van der Waals surface area (Å²) < 4.78 is 0. The molecule has 0 aromatic heterocycles. The lowest BCUT2D eigenvalue weighted by atomic mass is 9.81. The smallest absolute Gasteiger partial charge is 0.326 e. The van der Waals surface area contributed by atoms with E-state index in [0.717, 1.165) is 18.8 Å². The van der Waals surface area contributed by atoms with Gasteiger partial charge in [0.05, 0.1) is 0 Å². The summed E-state index contributed by atoms with van der Waals surface area (Å²) in [5, 5.41) is 22.7. The van der Waals surface area contributed by atoms with Gasteiger partial charge in [0.15, 0.2) is 0 Å². The fraction of sp³-hybridized carbons (Fsp3) is 0.857. The Bertz CT molecular complexity index is 314. The lowest BCUT2D eigenvalue weighted by Gasteiger charge is -2.28. The molecule has 1 saturated carbocycles. The van der Waals surface area contributed by atoms with E-state index in [2.05, 4.69) is 17.6 Å². The van der Waals surface area contributed by atoms with Crippen molar-refractivity contribution in [1.29, 1.82) is 0 Å². The quantitative estimate of drug-likeness (QED) is 0.567. The largest absolute Gasteiger partial charge is 0.480 e. The third kappa shape index (κ3) is 5.77. The van der Waals surface area contributed by atoms with Crippen molar-refractivity contribution in [3.8, 4) is 0 Å². The Morgan fingerprint density at radius 1 is 1.20 bits per heavy atom. The normalized spacial score (nSPS) is 23.9. The average molecular weight is 286 g/mol. The first kappa shape index (κ1) is 16.8. The van der Waals surface area contributed by atoms with Gasteiger partial charge in [-0.25, -0.2) is 9.59 Å². The topological polar surface area (TPSA) is 98.7 Å². The fourth-order valence-electron chi connectivity index (χ4n) is 2.68. The van der Waals surface area contributed by atoms with Gasteiger partial charge in [0.25, 0.3) is 0 Å². The molecule has 0 aliphatic heterocycles. The van der Waals surface area contributed by atoms with E-state index in [-0.39, 0.29) is 13.0 Å². The summed E-state index contributed by atoms with van der Waals surface area (Å²) in [7, 11) is 0. The van der Waals surface area contributed by atoms with Gasteiger partial charge < -0.3 is 20.8 Å². The van der Waals surface area contributed by atoms with Crippen LogP contribution in [0.5, 0.6) is 0 Å². The van der Waals surface area contributed by atoms with Crippen LogP contribution < -0.4 is 10.6 Å². The fourth-order valence-corrected chi connectivity index (χ4v) is 2.68. The molecule has 2 amide bonds. The van der Waals surface area contributed by atoms with Crippen LogP contribution in [0.25, 0.3) is 0 Å². The molecule has 0 aromatic rings. The van der Waals surface area contributed by atoms with E-state index in [1.54, 1.807) is 0 Å². The van der Waals surface area contributed by atoms with E-state index in [9.17, 15) is 9.59 Å². The van der Waals surface area contributed by atoms with Crippen LogP contribution in [0.15, 0.2) is 0 Å². The van der Waals surface area contributed by atoms with Crippen LogP contribution in [0.2, 0.25) is 0 Å². The predicted octanol–water partition coefficient (Wildman–Crippen LogP) is 1.34. The molecule has 6 heteroatoms. The maximum Gasteiger partial charge on any atom is 0.326 e. The van der Waals surface area contributed by atoms with Crippen LogP contribution in [-0.2, 0) is 4.79 Å². The number of aliphatic hydroxyl groups is 1. The number of aliphatic carboxylic acids is 1. The van der Waals surface area contributed by atoms with Crippen molar-refractivity contribution in [2.24, 2.45) is 11.8 Å². The second-order valence-electron chi connectivity index (χ2n) is 5.55. The van der Waals surface area contributed by atoms with Crippen molar-refractivity contribution < 1.29 is 19.8 Å². The Balaban J connectivity index is 2.24. The molecule has 0 bridgehead atoms. The van der Waals surface area contributed by atoms with Crippen molar-refractivity contribution in [2.45, 2.75) is 51.5 Å². The molecule has 6 nitrogen and oxygen atoms in total. The van der Waals surface area contributed by atoms with Crippen molar-refractivity contribution in [2.75, 3.05) is 13.2 Å². The van der Waals surface area contributed by atoms with Gasteiger partial charge in [-0.1, -0.05) is 26.2 Å². The number of carboxylic acids is 1. The van der Waals surface area contributed by atoms with Crippen LogP contribution in [-0.4, -0.2) is 41.4 Å². The van der Waals surface area contributed by atoms with E-state index in [1.807, 2.05) is 0 Å². The molecular formula is C14H26N2O4. The van der Waals surface area contributed by atoms with Crippen LogP contribution in [0.1, 0.15) is 45.4 Å². The van der Waals surface area contributed by atoms with Crippen molar-refractivity contribution in [3.63, 3.8) is 0 Å². The summed E-state index contributed by atoms with van der Waals surface area (Å²) in [6.07, 6.45) is 5.92. The Kier molecular flexibility index (Phi) is 7.36. The number of hydrogen-bond acceptors (Lipinski definition) is 3. The third-order valence-electron chi connectivity index (χ3n) is 4.12. The molecule has 1 atom stereocenters. The number of hydrogen-bond donors (Lipinski definition) is 4. The number of urea groups is 1. The first-order valence-corrected chi connectivity index (χ1v) is 7.44. The standard InChI is InChI=1S/C14H26N2O4/c1-2-10-3-5-11(6-4-10)9-15-14(20)16-12(7-8-17)13(18)19/h10-12,17H,2-9H2,1H3,(H,18,19)(H2,15,16,20)/t10?,11?,12-/m1/s1. The van der Waals surface area contributed by atoms with Gasteiger partial charge in [-0.05, 0) is 24.7 Å². The maximum atomic E-state index is 11.6. The molecule has 116 valence electrons. The summed E-state index contributed by atoms with van der Waals surface area (Å²) in [6.45, 7) is 2.54. The molecule has 1 fully saturated rings. The molecule has 1 aliphatic rings. The van der Waals surface area contributed by atoms with Gasteiger partial charge in [-0.15, -0.1) is 0 Å². The summed E-state index contributed by atoms with van der Waals surface area (Å²) >= 11 is 0. The molecule has 0 saturated heterocycles. The van der Waals surface area contributed by atoms with E-state index in [1.165, 1.54) is 19.3 Å². The number of aliphatic hydroxyl groups excluding tert-OH is 1. The van der Waals surface area contributed by atoms with Gasteiger partial charge in [0.1, 0.15) is 6.04 Å².